The van der Waals surface area contributed by atoms with E-state index in [0.29, 0.717) is 45.9 Å². The van der Waals surface area contributed by atoms with E-state index >= 15 is 0 Å². The highest BCUT2D eigenvalue weighted by Gasteiger charge is 2.33. The lowest BCUT2D eigenvalue weighted by atomic mass is 9.87. The molecule has 5 rings (SSSR count). The molecule has 1 amide bonds. The van der Waals surface area contributed by atoms with Gasteiger partial charge in [0.05, 0.1) is 39.1 Å². The summed E-state index contributed by atoms with van der Waals surface area (Å²) >= 11 is 0. The number of hydrogen-bond donors (Lipinski definition) is 1. The highest BCUT2D eigenvalue weighted by molar-refractivity contribution is 5.88. The second-order valence-corrected chi connectivity index (χ2v) is 11.0. The van der Waals surface area contributed by atoms with Gasteiger partial charge >= 0.3 is 6.09 Å². The standard InChI is InChI=1S/C36H41NO7/c1-26(40-2)44-34-11-6-10-29-13-12-28(22-33(29)34)25-43-35-23-37(36(38)39)19-18-32(35)30-14-16-31(17-15-30)42-21-7-20-41-24-27-8-4-3-5-9-27/h3-6,8-17,22,26,32,35H,7,18-21,23-25H2,1-2H3,(H,38,39). The van der Waals surface area contributed by atoms with Gasteiger partial charge in [0.15, 0.2) is 6.29 Å². The van der Waals surface area contributed by atoms with Crippen molar-refractivity contribution in [2.75, 3.05) is 33.4 Å². The zero-order chi connectivity index (χ0) is 30.7. The van der Waals surface area contributed by atoms with E-state index in [1.165, 1.54) is 4.90 Å². The first kappa shape index (κ1) is 31.3. The highest BCUT2D eigenvalue weighted by atomic mass is 16.7. The van der Waals surface area contributed by atoms with Crippen LogP contribution in [0.25, 0.3) is 10.8 Å². The number of benzene rings is 4. The van der Waals surface area contributed by atoms with E-state index in [4.69, 9.17) is 23.7 Å². The molecule has 8 nitrogen and oxygen atoms in total. The van der Waals surface area contributed by atoms with Gasteiger partial charge in [-0.2, -0.15) is 0 Å². The molecule has 0 spiro atoms. The van der Waals surface area contributed by atoms with E-state index in [2.05, 4.69) is 36.4 Å². The van der Waals surface area contributed by atoms with Crippen LogP contribution in [0.15, 0.2) is 91.0 Å². The maximum absolute atomic E-state index is 11.8. The molecule has 0 saturated carbocycles. The van der Waals surface area contributed by atoms with Crippen molar-refractivity contribution < 1.29 is 33.6 Å². The summed E-state index contributed by atoms with van der Waals surface area (Å²) in [5.41, 5.74) is 3.26. The van der Waals surface area contributed by atoms with Crippen molar-refractivity contribution in [1.29, 1.82) is 0 Å². The van der Waals surface area contributed by atoms with Crippen LogP contribution in [0.1, 0.15) is 42.4 Å². The Kier molecular flexibility index (Phi) is 11.1. The normalized spacial score (nSPS) is 17.4. The van der Waals surface area contributed by atoms with Gasteiger partial charge in [-0.1, -0.05) is 66.7 Å². The molecule has 1 saturated heterocycles. The van der Waals surface area contributed by atoms with E-state index in [-0.39, 0.29) is 18.3 Å². The Morgan fingerprint density at radius 2 is 1.75 bits per heavy atom. The molecule has 1 N–H and O–H groups in total. The highest BCUT2D eigenvalue weighted by Crippen LogP contribution is 2.33. The van der Waals surface area contributed by atoms with Gasteiger partial charge in [0.2, 0.25) is 0 Å². The number of likely N-dealkylation sites (tertiary alicyclic amines) is 1. The lowest BCUT2D eigenvalue weighted by molar-refractivity contribution is -0.0373. The SMILES string of the molecule is COC(C)Oc1cccc2ccc(COC3CN(C(=O)O)CCC3c3ccc(OCCCOCc4ccccc4)cc3)cc12. The van der Waals surface area contributed by atoms with Crippen LogP contribution in [0.2, 0.25) is 0 Å². The molecule has 0 aromatic heterocycles. The van der Waals surface area contributed by atoms with Crippen molar-refractivity contribution in [2.45, 2.75) is 51.3 Å². The van der Waals surface area contributed by atoms with Crippen molar-refractivity contribution in [2.24, 2.45) is 0 Å². The number of piperidine rings is 1. The molecule has 0 radical (unpaired) electrons. The average molecular weight is 600 g/mol. The number of rotatable bonds is 14. The maximum atomic E-state index is 11.8. The lowest BCUT2D eigenvalue weighted by Gasteiger charge is -2.37. The van der Waals surface area contributed by atoms with E-state index < -0.39 is 6.09 Å². The number of fused-ring (bicyclic) bond motifs is 1. The minimum absolute atomic E-state index is 0.0629. The Hall–Kier alpha value is -4.11. The molecule has 3 unspecified atom stereocenters. The largest absolute Gasteiger partial charge is 0.494 e. The Bertz CT molecular complexity index is 1480. The lowest BCUT2D eigenvalue weighted by Crippen LogP contribution is -2.46. The minimum Gasteiger partial charge on any atom is -0.494 e. The van der Waals surface area contributed by atoms with Crippen molar-refractivity contribution in [3.05, 3.63) is 108 Å². The summed E-state index contributed by atoms with van der Waals surface area (Å²) in [7, 11) is 1.61. The fraction of sp³-hybridized carbons (Fsp3) is 0.361. The number of methoxy groups -OCH3 is 1. The smallest absolute Gasteiger partial charge is 0.407 e. The third-order valence-corrected chi connectivity index (χ3v) is 7.95. The topological polar surface area (TPSA) is 86.7 Å². The summed E-state index contributed by atoms with van der Waals surface area (Å²) in [5.74, 6) is 1.61. The third-order valence-electron chi connectivity index (χ3n) is 7.95. The van der Waals surface area contributed by atoms with Crippen molar-refractivity contribution >= 4 is 16.9 Å². The van der Waals surface area contributed by atoms with Crippen LogP contribution in [-0.4, -0.2) is 61.9 Å². The number of hydrogen-bond acceptors (Lipinski definition) is 6. The van der Waals surface area contributed by atoms with Crippen LogP contribution in [0.5, 0.6) is 11.5 Å². The van der Waals surface area contributed by atoms with Gasteiger partial charge in [-0.05, 0) is 59.7 Å². The molecule has 1 fully saturated rings. The predicted octanol–water partition coefficient (Wildman–Crippen LogP) is 7.25. The number of ether oxygens (including phenoxy) is 5. The van der Waals surface area contributed by atoms with Crippen LogP contribution in [-0.2, 0) is 27.4 Å². The molecule has 3 atom stereocenters. The fourth-order valence-electron chi connectivity index (χ4n) is 5.48. The Morgan fingerprint density at radius 3 is 2.52 bits per heavy atom. The molecule has 0 aliphatic carbocycles. The van der Waals surface area contributed by atoms with Crippen LogP contribution in [0, 0.1) is 0 Å². The van der Waals surface area contributed by atoms with Gasteiger partial charge in [0.25, 0.3) is 0 Å². The molecule has 1 aliphatic heterocycles. The van der Waals surface area contributed by atoms with Crippen molar-refractivity contribution in [3.63, 3.8) is 0 Å². The van der Waals surface area contributed by atoms with E-state index in [9.17, 15) is 9.90 Å². The van der Waals surface area contributed by atoms with E-state index in [0.717, 1.165) is 45.4 Å². The summed E-state index contributed by atoms with van der Waals surface area (Å²) in [4.78, 5) is 13.3. The molecular formula is C36H41NO7. The first-order valence-electron chi connectivity index (χ1n) is 15.1. The van der Waals surface area contributed by atoms with Gasteiger partial charge < -0.3 is 33.7 Å². The zero-order valence-corrected chi connectivity index (χ0v) is 25.4. The molecule has 4 aromatic rings. The summed E-state index contributed by atoms with van der Waals surface area (Å²) < 4.78 is 29.4. The van der Waals surface area contributed by atoms with Crippen LogP contribution in [0.4, 0.5) is 4.79 Å². The number of nitrogens with zero attached hydrogens (tertiary/aromatic N) is 1. The number of carboxylic acid groups (broad SMARTS) is 1. The Balaban J connectivity index is 1.18. The first-order valence-corrected chi connectivity index (χ1v) is 15.1. The zero-order valence-electron chi connectivity index (χ0n) is 25.4. The van der Waals surface area contributed by atoms with E-state index in [1.54, 1.807) is 7.11 Å². The summed E-state index contributed by atoms with van der Waals surface area (Å²) in [6, 6.07) is 30.3. The van der Waals surface area contributed by atoms with Crippen LogP contribution in [0.3, 0.4) is 0 Å². The number of carbonyl (C=O) groups is 1. The Labute approximate surface area is 259 Å². The molecule has 4 aromatic carbocycles. The number of amides is 1. The third kappa shape index (κ3) is 8.50. The van der Waals surface area contributed by atoms with Gasteiger partial charge in [-0.15, -0.1) is 0 Å². The Morgan fingerprint density at radius 1 is 0.932 bits per heavy atom. The van der Waals surface area contributed by atoms with E-state index in [1.807, 2.05) is 61.5 Å². The molecule has 232 valence electrons. The quantitative estimate of drug-likeness (QED) is 0.121. The molecule has 0 bridgehead atoms. The molecular weight excluding hydrogens is 558 g/mol. The fourth-order valence-corrected chi connectivity index (χ4v) is 5.48. The van der Waals surface area contributed by atoms with Gasteiger partial charge in [0.1, 0.15) is 11.5 Å². The second kappa shape index (κ2) is 15.6. The molecule has 1 aliphatic rings. The monoisotopic (exact) mass is 599 g/mol. The predicted molar refractivity (Wildman–Crippen MR) is 169 cm³/mol. The van der Waals surface area contributed by atoms with Crippen LogP contribution >= 0.6 is 0 Å². The minimum atomic E-state index is -0.923. The van der Waals surface area contributed by atoms with Gasteiger partial charge in [-0.25, -0.2) is 4.79 Å². The summed E-state index contributed by atoms with van der Waals surface area (Å²) in [5, 5.41) is 11.7. The van der Waals surface area contributed by atoms with Crippen molar-refractivity contribution in [3.8, 4) is 11.5 Å². The van der Waals surface area contributed by atoms with Gasteiger partial charge in [0, 0.05) is 31.4 Å². The average Bonchev–Trinajstić information content (AvgIpc) is 3.06. The molecule has 44 heavy (non-hydrogen) atoms. The first-order chi connectivity index (χ1) is 21.5. The van der Waals surface area contributed by atoms with Crippen LogP contribution < -0.4 is 9.47 Å². The van der Waals surface area contributed by atoms with Crippen molar-refractivity contribution in [1.82, 2.24) is 4.90 Å². The van der Waals surface area contributed by atoms with Gasteiger partial charge in [-0.3, -0.25) is 0 Å². The maximum Gasteiger partial charge on any atom is 0.407 e. The molecule has 1 heterocycles. The summed E-state index contributed by atoms with van der Waals surface area (Å²) in [6.07, 6.45) is -0.106. The summed E-state index contributed by atoms with van der Waals surface area (Å²) in [6.45, 7) is 4.79. The second-order valence-electron chi connectivity index (χ2n) is 11.0. The molecule has 8 heteroatoms.